The summed E-state index contributed by atoms with van der Waals surface area (Å²) in [5.41, 5.74) is 0. The Morgan fingerprint density at radius 3 is 2.37 bits per heavy atom. The number of carbonyl (C=O) groups excluding carboxylic acids is 1. The van der Waals surface area contributed by atoms with Gasteiger partial charge in [-0.3, -0.25) is 4.79 Å². The maximum atomic E-state index is 11.9. The summed E-state index contributed by atoms with van der Waals surface area (Å²) in [4.78, 5) is 11.3. The van der Waals surface area contributed by atoms with Gasteiger partial charge in [0.15, 0.2) is 0 Å². The van der Waals surface area contributed by atoms with Crippen molar-refractivity contribution in [2.24, 2.45) is 5.92 Å². The Kier molecular flexibility index (Phi) is 8.75. The Labute approximate surface area is 112 Å². The second kappa shape index (κ2) is 9.14. The normalized spacial score (nSPS) is 13.6. The van der Waals surface area contributed by atoms with Crippen molar-refractivity contribution in [3.8, 4) is 0 Å². The maximum absolute atomic E-state index is 11.9. The highest BCUT2D eigenvalue weighted by atomic mass is 19.4. The minimum absolute atomic E-state index is 0.429. The molecule has 0 saturated heterocycles. The minimum Gasteiger partial charge on any atom is -0.380 e. The molecule has 0 aliphatic carbocycles. The first-order valence-electron chi connectivity index (χ1n) is 6.38. The van der Waals surface area contributed by atoms with Gasteiger partial charge < -0.3 is 15.4 Å². The van der Waals surface area contributed by atoms with E-state index in [0.717, 1.165) is 6.42 Å². The highest BCUT2D eigenvalue weighted by molar-refractivity contribution is 5.81. The molecule has 0 heterocycles. The third-order valence-corrected chi connectivity index (χ3v) is 2.39. The summed E-state index contributed by atoms with van der Waals surface area (Å²) in [6, 6.07) is -0.670. The van der Waals surface area contributed by atoms with Crippen molar-refractivity contribution in [2.75, 3.05) is 26.3 Å². The van der Waals surface area contributed by atoms with Crippen LogP contribution in [0.5, 0.6) is 0 Å². The lowest BCUT2D eigenvalue weighted by molar-refractivity contribution is -0.139. The van der Waals surface area contributed by atoms with Crippen molar-refractivity contribution in [3.05, 3.63) is 0 Å². The van der Waals surface area contributed by atoms with Crippen molar-refractivity contribution in [1.29, 1.82) is 0 Å². The van der Waals surface area contributed by atoms with Crippen molar-refractivity contribution in [3.63, 3.8) is 0 Å². The van der Waals surface area contributed by atoms with Gasteiger partial charge in [-0.1, -0.05) is 13.8 Å². The van der Waals surface area contributed by atoms with Gasteiger partial charge in [-0.15, -0.1) is 0 Å². The number of halogens is 3. The van der Waals surface area contributed by atoms with Gasteiger partial charge in [0.25, 0.3) is 0 Å². The topological polar surface area (TPSA) is 50.4 Å². The van der Waals surface area contributed by atoms with Gasteiger partial charge in [0, 0.05) is 13.2 Å². The van der Waals surface area contributed by atoms with Gasteiger partial charge in [-0.2, -0.15) is 13.2 Å². The van der Waals surface area contributed by atoms with E-state index in [2.05, 4.69) is 19.2 Å². The molecule has 0 fully saturated rings. The average molecular weight is 284 g/mol. The molecule has 114 valence electrons. The van der Waals surface area contributed by atoms with Crippen LogP contribution in [0.1, 0.15) is 27.2 Å². The van der Waals surface area contributed by atoms with Crippen molar-refractivity contribution in [2.45, 2.75) is 39.4 Å². The fourth-order valence-corrected chi connectivity index (χ4v) is 1.20. The van der Waals surface area contributed by atoms with E-state index in [0.29, 0.717) is 25.7 Å². The van der Waals surface area contributed by atoms with Gasteiger partial charge in [0.2, 0.25) is 5.91 Å². The molecule has 0 aromatic heterocycles. The minimum atomic E-state index is -4.38. The number of alkyl halides is 3. The smallest absolute Gasteiger partial charge is 0.380 e. The molecule has 1 unspecified atom stereocenters. The predicted octanol–water partition coefficient (Wildman–Crippen LogP) is 1.71. The highest BCUT2D eigenvalue weighted by Crippen LogP contribution is 2.12. The van der Waals surface area contributed by atoms with Gasteiger partial charge in [-0.25, -0.2) is 0 Å². The molecule has 0 spiro atoms. The van der Waals surface area contributed by atoms with Crippen LogP contribution in [0.15, 0.2) is 0 Å². The highest BCUT2D eigenvalue weighted by Gasteiger charge is 2.28. The summed E-state index contributed by atoms with van der Waals surface area (Å²) in [6.45, 7) is 5.90. The summed E-state index contributed by atoms with van der Waals surface area (Å²) in [5.74, 6) is -0.0977. The third-order valence-electron chi connectivity index (χ3n) is 2.39. The lowest BCUT2D eigenvalue weighted by atomic mass is 10.1. The van der Waals surface area contributed by atoms with Gasteiger partial charge >= 0.3 is 6.18 Å². The number of nitrogens with one attached hydrogen (secondary N) is 2. The van der Waals surface area contributed by atoms with Gasteiger partial charge in [-0.05, 0) is 19.3 Å². The number of amides is 1. The molecule has 19 heavy (non-hydrogen) atoms. The Morgan fingerprint density at radius 2 is 1.84 bits per heavy atom. The van der Waals surface area contributed by atoms with Gasteiger partial charge in [0.1, 0.15) is 6.54 Å². The van der Waals surface area contributed by atoms with Crippen LogP contribution in [0.4, 0.5) is 13.2 Å². The van der Waals surface area contributed by atoms with E-state index in [4.69, 9.17) is 4.74 Å². The molecule has 0 aromatic carbocycles. The molecular formula is C12H23F3N2O2. The molecule has 7 heteroatoms. The van der Waals surface area contributed by atoms with E-state index in [9.17, 15) is 18.0 Å². The van der Waals surface area contributed by atoms with E-state index in [-0.39, 0.29) is 0 Å². The number of carbonyl (C=O) groups is 1. The number of ether oxygens (including phenoxy) is 1. The largest absolute Gasteiger partial charge is 0.405 e. The number of hydrogen-bond donors (Lipinski definition) is 2. The van der Waals surface area contributed by atoms with Crippen LogP contribution >= 0.6 is 0 Å². The summed E-state index contributed by atoms with van der Waals surface area (Å²) in [7, 11) is 0. The van der Waals surface area contributed by atoms with Crippen molar-refractivity contribution in [1.82, 2.24) is 10.6 Å². The molecular weight excluding hydrogens is 261 g/mol. The SMILES string of the molecule is CC(C)CCOCCNC(C)C(=O)NCC(F)(F)F. The van der Waals surface area contributed by atoms with E-state index in [1.807, 2.05) is 5.32 Å². The van der Waals surface area contributed by atoms with E-state index < -0.39 is 24.7 Å². The zero-order valence-corrected chi connectivity index (χ0v) is 11.6. The van der Waals surface area contributed by atoms with Crippen LogP contribution in [0.25, 0.3) is 0 Å². The number of hydrogen-bond acceptors (Lipinski definition) is 3. The lowest BCUT2D eigenvalue weighted by Crippen LogP contribution is -2.46. The van der Waals surface area contributed by atoms with E-state index >= 15 is 0 Å². The van der Waals surface area contributed by atoms with Gasteiger partial charge in [0.05, 0.1) is 12.6 Å². The van der Waals surface area contributed by atoms with Crippen LogP contribution in [0.3, 0.4) is 0 Å². The molecule has 0 aliphatic heterocycles. The Bertz CT molecular complexity index is 258. The van der Waals surface area contributed by atoms with Crippen LogP contribution in [-0.4, -0.2) is 44.4 Å². The first kappa shape index (κ1) is 18.2. The van der Waals surface area contributed by atoms with E-state index in [1.54, 1.807) is 0 Å². The second-order valence-corrected chi connectivity index (χ2v) is 4.80. The summed E-state index contributed by atoms with van der Waals surface area (Å²) >= 11 is 0. The fourth-order valence-electron chi connectivity index (χ4n) is 1.20. The first-order chi connectivity index (χ1) is 8.72. The Balaban J connectivity index is 3.57. The summed E-state index contributed by atoms with van der Waals surface area (Å²) < 4.78 is 41.0. The monoisotopic (exact) mass is 284 g/mol. The molecule has 0 saturated carbocycles. The van der Waals surface area contributed by atoms with Crippen LogP contribution in [0, 0.1) is 5.92 Å². The van der Waals surface area contributed by atoms with Crippen LogP contribution in [-0.2, 0) is 9.53 Å². The zero-order chi connectivity index (χ0) is 14.9. The molecule has 4 nitrogen and oxygen atoms in total. The zero-order valence-electron chi connectivity index (χ0n) is 11.6. The molecule has 1 atom stereocenters. The molecule has 0 rings (SSSR count). The average Bonchev–Trinajstić information content (AvgIpc) is 2.28. The second-order valence-electron chi connectivity index (χ2n) is 4.80. The quantitative estimate of drug-likeness (QED) is 0.634. The number of rotatable bonds is 9. The standard InChI is InChI=1S/C12H23F3N2O2/c1-9(2)4-6-19-7-5-16-10(3)11(18)17-8-12(13,14)15/h9-10,16H,4-8H2,1-3H3,(H,17,18). The summed E-state index contributed by atoms with van der Waals surface area (Å²) in [6.07, 6.45) is -3.42. The molecule has 0 radical (unpaired) electrons. The molecule has 2 N–H and O–H groups in total. The lowest BCUT2D eigenvalue weighted by Gasteiger charge is -2.15. The Hall–Kier alpha value is -0.820. The first-order valence-corrected chi connectivity index (χ1v) is 6.38. The molecule has 0 bridgehead atoms. The van der Waals surface area contributed by atoms with Crippen LogP contribution < -0.4 is 10.6 Å². The van der Waals surface area contributed by atoms with Crippen molar-refractivity contribution >= 4 is 5.91 Å². The van der Waals surface area contributed by atoms with E-state index in [1.165, 1.54) is 6.92 Å². The molecule has 0 aliphatic rings. The predicted molar refractivity (Wildman–Crippen MR) is 66.8 cm³/mol. The maximum Gasteiger partial charge on any atom is 0.405 e. The Morgan fingerprint density at radius 1 is 1.21 bits per heavy atom. The van der Waals surface area contributed by atoms with Crippen LogP contribution in [0.2, 0.25) is 0 Å². The summed E-state index contributed by atoms with van der Waals surface area (Å²) in [5, 5.41) is 4.62. The molecule has 1 amide bonds. The third kappa shape index (κ3) is 12.0. The molecule has 0 aromatic rings. The van der Waals surface area contributed by atoms with Crippen molar-refractivity contribution < 1.29 is 22.7 Å². The fraction of sp³-hybridized carbons (Fsp3) is 0.917.